The van der Waals surface area contributed by atoms with Gasteiger partial charge in [-0.05, 0) is 38.5 Å². The molecule has 1 N–H and O–H groups in total. The molecule has 1 aromatic carbocycles. The Morgan fingerprint density at radius 1 is 1.19 bits per heavy atom. The fraction of sp³-hybridized carbons (Fsp3) is 0.524. The van der Waals surface area contributed by atoms with Gasteiger partial charge in [-0.3, -0.25) is 0 Å². The molecule has 9 nitrogen and oxygen atoms in total. The lowest BCUT2D eigenvalue weighted by atomic mass is 10.2. The molecule has 0 unspecified atom stereocenters. The minimum Gasteiger partial charge on any atom is -0.491 e. The van der Waals surface area contributed by atoms with E-state index in [0.29, 0.717) is 38.4 Å². The number of rotatable bonds is 8. The van der Waals surface area contributed by atoms with Crippen LogP contribution in [0.5, 0.6) is 5.75 Å². The van der Waals surface area contributed by atoms with Crippen molar-refractivity contribution in [3.05, 3.63) is 47.9 Å². The second kappa shape index (κ2) is 10.6. The molecule has 1 saturated heterocycles. The Morgan fingerprint density at radius 2 is 1.90 bits per heavy atom. The van der Waals surface area contributed by atoms with Crippen LogP contribution in [0.15, 0.2) is 46.1 Å². The van der Waals surface area contributed by atoms with Crippen molar-refractivity contribution in [2.45, 2.75) is 39.2 Å². The highest BCUT2D eigenvalue weighted by molar-refractivity contribution is 7.88. The maximum atomic E-state index is 12.6. The van der Waals surface area contributed by atoms with E-state index in [1.807, 2.05) is 45.0 Å². The van der Waals surface area contributed by atoms with Gasteiger partial charge < -0.3 is 19.5 Å². The van der Waals surface area contributed by atoms with Gasteiger partial charge in [0.15, 0.2) is 5.96 Å². The number of hydrogen-bond donors (Lipinski definition) is 1. The molecule has 2 aromatic rings. The van der Waals surface area contributed by atoms with E-state index in [2.05, 4.69) is 15.4 Å². The summed E-state index contributed by atoms with van der Waals surface area (Å²) >= 11 is 0. The third-order valence-corrected chi connectivity index (χ3v) is 6.61. The Labute approximate surface area is 184 Å². The van der Waals surface area contributed by atoms with Gasteiger partial charge in [0, 0.05) is 38.8 Å². The highest BCUT2D eigenvalue weighted by atomic mass is 32.2. The number of ether oxygens (including phenoxy) is 1. The fourth-order valence-corrected chi connectivity index (χ4v) is 4.73. The summed E-state index contributed by atoms with van der Waals surface area (Å²) in [7, 11) is -3.42. The van der Waals surface area contributed by atoms with Crippen molar-refractivity contribution in [3.63, 3.8) is 0 Å². The molecule has 2 heterocycles. The predicted molar refractivity (Wildman–Crippen MR) is 119 cm³/mol. The monoisotopic (exact) mass is 449 g/mol. The van der Waals surface area contributed by atoms with Crippen LogP contribution in [0.25, 0.3) is 0 Å². The number of guanidine groups is 1. The Kier molecular flexibility index (Phi) is 7.91. The van der Waals surface area contributed by atoms with Crippen LogP contribution in [0, 0.1) is 0 Å². The quantitative estimate of drug-likeness (QED) is 0.486. The summed E-state index contributed by atoms with van der Waals surface area (Å²) in [6, 6.07) is 9.51. The molecule has 0 aliphatic carbocycles. The first-order valence-corrected chi connectivity index (χ1v) is 12.1. The van der Waals surface area contributed by atoms with Crippen molar-refractivity contribution in [1.29, 1.82) is 0 Å². The molecule has 1 aliphatic heterocycles. The van der Waals surface area contributed by atoms with E-state index in [-0.39, 0.29) is 11.9 Å². The molecule has 0 saturated carbocycles. The van der Waals surface area contributed by atoms with Gasteiger partial charge in [0.2, 0.25) is 10.0 Å². The Bertz CT molecular complexity index is 935. The molecular weight excluding hydrogens is 418 g/mol. The number of aromatic nitrogens is 1. The van der Waals surface area contributed by atoms with Crippen molar-refractivity contribution in [2.75, 3.05) is 32.7 Å². The van der Waals surface area contributed by atoms with Gasteiger partial charge in [-0.2, -0.15) is 4.31 Å². The number of aliphatic imine (C=N–C) groups is 1. The Morgan fingerprint density at radius 3 is 2.48 bits per heavy atom. The molecule has 3 rings (SSSR count). The zero-order valence-corrected chi connectivity index (χ0v) is 19.1. The standard InChI is InChI=1S/C21H31N5O4S/c1-4-22-21(23-15-18-5-7-20(8-6-18)30-17(2)3)25-10-12-26(13-11-25)31(27,28)16-19-9-14-29-24-19/h5-9,14,17H,4,10-13,15-16H2,1-3H3,(H,22,23). The lowest BCUT2D eigenvalue weighted by Crippen LogP contribution is -2.53. The molecule has 0 radical (unpaired) electrons. The normalized spacial score (nSPS) is 16.0. The Balaban J connectivity index is 1.58. The van der Waals surface area contributed by atoms with Gasteiger partial charge in [0.25, 0.3) is 0 Å². The second-order valence-electron chi connectivity index (χ2n) is 7.61. The first kappa shape index (κ1) is 23.1. The topological polar surface area (TPSA) is 100 Å². The fourth-order valence-electron chi connectivity index (χ4n) is 3.31. The first-order valence-electron chi connectivity index (χ1n) is 10.5. The van der Waals surface area contributed by atoms with Crippen molar-refractivity contribution in [2.24, 2.45) is 4.99 Å². The van der Waals surface area contributed by atoms with Crippen LogP contribution < -0.4 is 10.1 Å². The van der Waals surface area contributed by atoms with Crippen molar-refractivity contribution < 1.29 is 17.7 Å². The summed E-state index contributed by atoms with van der Waals surface area (Å²) in [6.07, 6.45) is 1.52. The van der Waals surface area contributed by atoms with Gasteiger partial charge >= 0.3 is 0 Å². The summed E-state index contributed by atoms with van der Waals surface area (Å²) in [6.45, 7) is 9.26. The average Bonchev–Trinajstić information content (AvgIpc) is 3.24. The molecule has 0 atom stereocenters. The van der Waals surface area contributed by atoms with Gasteiger partial charge in [0.1, 0.15) is 17.8 Å². The van der Waals surface area contributed by atoms with Crippen molar-refractivity contribution >= 4 is 16.0 Å². The van der Waals surface area contributed by atoms with E-state index < -0.39 is 10.0 Å². The van der Waals surface area contributed by atoms with E-state index in [0.717, 1.165) is 23.8 Å². The minimum absolute atomic E-state index is 0.141. The number of sulfonamides is 1. The molecule has 1 fully saturated rings. The largest absolute Gasteiger partial charge is 0.491 e. The van der Waals surface area contributed by atoms with Gasteiger partial charge in [0.05, 0.1) is 18.3 Å². The van der Waals surface area contributed by atoms with Gasteiger partial charge in [-0.25, -0.2) is 13.4 Å². The number of nitrogens with zero attached hydrogens (tertiary/aromatic N) is 4. The molecule has 31 heavy (non-hydrogen) atoms. The molecule has 170 valence electrons. The number of piperazine rings is 1. The number of benzene rings is 1. The van der Waals surface area contributed by atoms with Crippen molar-refractivity contribution in [3.8, 4) is 5.75 Å². The SMILES string of the molecule is CCNC(=NCc1ccc(OC(C)C)cc1)N1CCN(S(=O)(=O)Cc2ccon2)CC1. The number of hydrogen-bond acceptors (Lipinski definition) is 6. The summed E-state index contributed by atoms with van der Waals surface area (Å²) in [4.78, 5) is 6.85. The van der Waals surface area contributed by atoms with Crippen LogP contribution in [0.4, 0.5) is 0 Å². The van der Waals surface area contributed by atoms with E-state index in [1.54, 1.807) is 6.07 Å². The Hall–Kier alpha value is -2.59. The van der Waals surface area contributed by atoms with Crippen LogP contribution in [0.2, 0.25) is 0 Å². The van der Waals surface area contributed by atoms with Crippen LogP contribution in [0.3, 0.4) is 0 Å². The van der Waals surface area contributed by atoms with Crippen molar-refractivity contribution in [1.82, 2.24) is 19.7 Å². The first-order chi connectivity index (χ1) is 14.9. The van der Waals surface area contributed by atoms with E-state index >= 15 is 0 Å². The van der Waals surface area contributed by atoms with E-state index in [1.165, 1.54) is 10.6 Å². The summed E-state index contributed by atoms with van der Waals surface area (Å²) < 4.78 is 37.2. The summed E-state index contributed by atoms with van der Waals surface area (Å²) in [5, 5.41) is 7.02. The third kappa shape index (κ3) is 6.70. The van der Waals surface area contributed by atoms with E-state index in [4.69, 9.17) is 14.3 Å². The lowest BCUT2D eigenvalue weighted by Gasteiger charge is -2.35. The zero-order valence-electron chi connectivity index (χ0n) is 18.3. The number of nitrogens with one attached hydrogen (secondary N) is 1. The average molecular weight is 450 g/mol. The molecule has 10 heteroatoms. The van der Waals surface area contributed by atoms with Crippen LogP contribution in [-0.4, -0.2) is 67.6 Å². The molecule has 0 spiro atoms. The summed E-state index contributed by atoms with van der Waals surface area (Å²) in [5.41, 5.74) is 1.50. The molecular formula is C21H31N5O4S. The zero-order chi connectivity index (χ0) is 22.3. The van der Waals surface area contributed by atoms with Crippen LogP contribution >= 0.6 is 0 Å². The van der Waals surface area contributed by atoms with Gasteiger partial charge in [-0.15, -0.1) is 0 Å². The minimum atomic E-state index is -3.42. The molecule has 0 bridgehead atoms. The van der Waals surface area contributed by atoms with E-state index in [9.17, 15) is 8.42 Å². The molecule has 0 amide bonds. The van der Waals surface area contributed by atoms with Crippen LogP contribution in [-0.2, 0) is 22.3 Å². The second-order valence-corrected chi connectivity index (χ2v) is 9.58. The van der Waals surface area contributed by atoms with Crippen LogP contribution in [0.1, 0.15) is 32.0 Å². The molecule has 1 aromatic heterocycles. The van der Waals surface area contributed by atoms with Gasteiger partial charge in [-0.1, -0.05) is 17.3 Å². The smallest absolute Gasteiger partial charge is 0.220 e. The maximum absolute atomic E-state index is 12.6. The molecule has 1 aliphatic rings. The maximum Gasteiger partial charge on any atom is 0.220 e. The third-order valence-electron chi connectivity index (χ3n) is 4.79. The highest BCUT2D eigenvalue weighted by Crippen LogP contribution is 2.15. The predicted octanol–water partition coefficient (Wildman–Crippen LogP) is 2.07. The lowest BCUT2D eigenvalue weighted by molar-refractivity contribution is 0.242. The highest BCUT2D eigenvalue weighted by Gasteiger charge is 2.29. The summed E-state index contributed by atoms with van der Waals surface area (Å²) in [5.74, 6) is 1.49.